The monoisotopic (exact) mass is 388 g/mol. The fraction of sp³-hybridized carbons (Fsp3) is 1.00. The molecule has 0 saturated carbocycles. The molecule has 0 fully saturated rings. The molecular formula is CH3K3O10S3. The van der Waals surface area contributed by atoms with Crippen LogP contribution in [0.2, 0.25) is 0 Å². The van der Waals surface area contributed by atoms with Gasteiger partial charge in [-0.05, 0) is 0 Å². The van der Waals surface area contributed by atoms with Gasteiger partial charge in [0.15, 0.2) is 0 Å². The summed E-state index contributed by atoms with van der Waals surface area (Å²) in [6, 6.07) is 0. The molecule has 0 aliphatic carbocycles. The van der Waals surface area contributed by atoms with Crippen LogP contribution in [-0.4, -0.2) is 48.3 Å². The van der Waals surface area contributed by atoms with Crippen LogP contribution in [-0.2, 0) is 30.4 Å². The van der Waals surface area contributed by atoms with E-state index in [0.29, 0.717) is 0 Å². The van der Waals surface area contributed by atoms with Crippen molar-refractivity contribution in [3.05, 3.63) is 0 Å². The summed E-state index contributed by atoms with van der Waals surface area (Å²) in [5.41, 5.74) is 0. The predicted octanol–water partition coefficient (Wildman–Crippen LogP) is -12.9. The molecular weight excluding hydrogens is 385 g/mol. The topological polar surface area (TPSA) is 203 Å². The summed E-state index contributed by atoms with van der Waals surface area (Å²) in [6.07, 6.45) is 0. The minimum Gasteiger partial charge on any atom is -0.746 e. The molecule has 0 atom stereocenters. The summed E-state index contributed by atoms with van der Waals surface area (Å²) in [6.45, 7) is 0. The van der Waals surface area contributed by atoms with E-state index in [1.165, 1.54) is 0 Å². The van der Waals surface area contributed by atoms with Crippen molar-refractivity contribution in [3.63, 3.8) is 0 Å². The first-order valence-corrected chi connectivity index (χ1v) is 6.62. The van der Waals surface area contributed by atoms with Crippen LogP contribution in [0.15, 0.2) is 0 Å². The van der Waals surface area contributed by atoms with Crippen molar-refractivity contribution >= 4 is 30.4 Å². The van der Waals surface area contributed by atoms with Gasteiger partial charge in [-0.25, -0.2) is 25.3 Å². The zero-order valence-electron chi connectivity index (χ0n) is 8.98. The number of hydrogen-bond acceptors (Lipinski definition) is 9. The molecule has 2 N–H and O–H groups in total. The van der Waals surface area contributed by atoms with Crippen LogP contribution in [0.1, 0.15) is 0 Å². The van der Waals surface area contributed by atoms with Gasteiger partial charge in [-0.2, -0.15) is 0 Å². The zero-order chi connectivity index (χ0) is 11.1. The van der Waals surface area contributed by atoms with Crippen LogP contribution in [0.3, 0.4) is 0 Å². The summed E-state index contributed by atoms with van der Waals surface area (Å²) in [7, 11) is -18.1. The van der Waals surface area contributed by atoms with Gasteiger partial charge in [-0.1, -0.05) is 0 Å². The molecule has 0 aromatic rings. The van der Waals surface area contributed by atoms with Gasteiger partial charge in [-0.3, -0.25) is 0 Å². The predicted molar refractivity (Wildman–Crippen MR) is 36.5 cm³/mol. The Hall–Kier alpha value is 4.60. The van der Waals surface area contributed by atoms with E-state index < -0.39 is 34.3 Å². The molecule has 0 amide bonds. The fourth-order valence-electron chi connectivity index (χ4n) is 0.433. The van der Waals surface area contributed by atoms with Crippen molar-refractivity contribution in [2.75, 3.05) is 0 Å². The Morgan fingerprint density at radius 2 is 0.706 bits per heavy atom. The van der Waals surface area contributed by atoms with E-state index >= 15 is 0 Å². The van der Waals surface area contributed by atoms with Gasteiger partial charge >= 0.3 is 154 Å². The van der Waals surface area contributed by atoms with Crippen molar-refractivity contribution in [1.82, 2.24) is 0 Å². The SMILES string of the molecule is O.O=S(=O)([O-])C(S(=O)(=O)[O-])S(=O)(=O)[O-].[K+].[K+].[K+]. The largest absolute Gasteiger partial charge is 1.00 e. The van der Waals surface area contributed by atoms with E-state index in [1.807, 2.05) is 0 Å². The maximum atomic E-state index is 9.91. The maximum absolute atomic E-state index is 9.91. The summed E-state index contributed by atoms with van der Waals surface area (Å²) in [4.78, 5) is 0. The molecule has 0 aromatic carbocycles. The second-order valence-corrected chi connectivity index (χ2v) is 7.03. The molecule has 0 bridgehead atoms. The Balaban J connectivity index is -0.000000120. The van der Waals surface area contributed by atoms with E-state index in [-0.39, 0.29) is 160 Å². The normalized spacial score (nSPS) is 11.3. The molecule has 16 heteroatoms. The fourth-order valence-corrected chi connectivity index (χ4v) is 3.90. The van der Waals surface area contributed by atoms with Crippen LogP contribution < -0.4 is 154 Å². The maximum Gasteiger partial charge on any atom is 1.00 e. The summed E-state index contributed by atoms with van der Waals surface area (Å²) in [5, 5.41) is 0. The molecule has 17 heavy (non-hydrogen) atoms. The van der Waals surface area contributed by atoms with Crippen molar-refractivity contribution < 1.29 is 199 Å². The van der Waals surface area contributed by atoms with Crippen LogP contribution in [0, 0.1) is 0 Å². The first-order valence-electron chi connectivity index (χ1n) is 2.21. The van der Waals surface area contributed by atoms with E-state index in [0.717, 1.165) is 0 Å². The van der Waals surface area contributed by atoms with Crippen LogP contribution in [0.5, 0.6) is 0 Å². The molecule has 0 saturated heterocycles. The van der Waals surface area contributed by atoms with E-state index in [1.54, 1.807) is 0 Å². The molecule has 10 nitrogen and oxygen atoms in total. The van der Waals surface area contributed by atoms with Gasteiger partial charge in [0.25, 0.3) is 0 Å². The van der Waals surface area contributed by atoms with Crippen molar-refractivity contribution in [3.8, 4) is 0 Å². The third-order valence-electron chi connectivity index (χ3n) is 0.707. The minimum atomic E-state index is -6.03. The van der Waals surface area contributed by atoms with Gasteiger partial charge in [0.2, 0.25) is 3.91 Å². The Morgan fingerprint density at radius 1 is 0.588 bits per heavy atom. The van der Waals surface area contributed by atoms with Crippen molar-refractivity contribution in [2.24, 2.45) is 0 Å². The number of hydrogen-bond donors (Lipinski definition) is 0. The molecule has 0 radical (unpaired) electrons. The standard InChI is InChI=1S/CH4O9S3.3K.H2O/c2-11(3,4)1(12(5,6)7)13(8,9)10;;;;/h1H,(H,2,3,4)(H,5,6,7)(H,8,9,10);;;;1H2/q;3*+1;/p-3. The smallest absolute Gasteiger partial charge is 0.746 e. The van der Waals surface area contributed by atoms with Crippen LogP contribution >= 0.6 is 0 Å². The Bertz CT molecular complexity index is 409. The average molecular weight is 389 g/mol. The summed E-state index contributed by atoms with van der Waals surface area (Å²) >= 11 is 0. The number of rotatable bonds is 3. The van der Waals surface area contributed by atoms with Crippen LogP contribution in [0.4, 0.5) is 0 Å². The first kappa shape index (κ1) is 33.3. The van der Waals surface area contributed by atoms with Gasteiger partial charge in [0, 0.05) is 0 Å². The third-order valence-corrected chi connectivity index (χ3v) is 6.36. The quantitative estimate of drug-likeness (QED) is 0.332. The van der Waals surface area contributed by atoms with Gasteiger partial charge in [0.1, 0.15) is 30.4 Å². The average Bonchev–Trinajstić information content (AvgIpc) is 1.44. The van der Waals surface area contributed by atoms with E-state index in [2.05, 4.69) is 0 Å². The van der Waals surface area contributed by atoms with Crippen LogP contribution in [0.25, 0.3) is 0 Å². The third kappa shape index (κ3) is 14.0. The van der Waals surface area contributed by atoms with Gasteiger partial charge in [0.05, 0.1) is 0 Å². The van der Waals surface area contributed by atoms with E-state index in [9.17, 15) is 38.9 Å². The second kappa shape index (κ2) is 12.1. The molecule has 88 valence electrons. The molecule has 0 rings (SSSR count). The molecule has 0 aliphatic rings. The van der Waals surface area contributed by atoms with Gasteiger partial charge < -0.3 is 19.1 Å². The molecule has 0 aliphatic heterocycles. The first-order chi connectivity index (χ1) is 5.37. The summed E-state index contributed by atoms with van der Waals surface area (Å²) in [5.74, 6) is 0. The van der Waals surface area contributed by atoms with Crippen molar-refractivity contribution in [1.29, 1.82) is 0 Å². The van der Waals surface area contributed by atoms with Crippen molar-refractivity contribution in [2.45, 2.75) is 3.91 Å². The molecule has 0 unspecified atom stereocenters. The molecule has 0 spiro atoms. The second-order valence-electron chi connectivity index (χ2n) is 1.77. The summed E-state index contributed by atoms with van der Waals surface area (Å²) < 4.78 is 85.2. The zero-order valence-corrected chi connectivity index (χ0v) is 20.8. The minimum absolute atomic E-state index is 0. The Labute approximate surface area is 226 Å². The Kier molecular flexibility index (Phi) is 23.6. The molecule has 0 aromatic heterocycles. The Morgan fingerprint density at radius 3 is 0.706 bits per heavy atom. The van der Waals surface area contributed by atoms with E-state index in [4.69, 9.17) is 0 Å². The molecule has 0 heterocycles. The van der Waals surface area contributed by atoms with Gasteiger partial charge in [-0.15, -0.1) is 0 Å².